The summed E-state index contributed by atoms with van der Waals surface area (Å²) in [6.45, 7) is 2.97. The number of carbonyl (C=O) groups is 1. The van der Waals surface area contributed by atoms with E-state index < -0.39 is 12.7 Å². The maximum absolute atomic E-state index is 12.3. The van der Waals surface area contributed by atoms with Gasteiger partial charge in [0.2, 0.25) is 5.91 Å². The molecule has 156 valence electrons. The van der Waals surface area contributed by atoms with Gasteiger partial charge in [0.05, 0.1) is 6.54 Å². The SMILES string of the molecule is Cl.Cl.O=C(CCC1CCNCC1)NCCC1CCN(CC(F)(F)F)CC1. The minimum Gasteiger partial charge on any atom is -0.356 e. The molecule has 0 radical (unpaired) electrons. The molecule has 0 atom stereocenters. The highest BCUT2D eigenvalue weighted by Gasteiger charge is 2.32. The van der Waals surface area contributed by atoms with Crippen molar-refractivity contribution in [1.82, 2.24) is 15.5 Å². The maximum Gasteiger partial charge on any atom is 0.401 e. The van der Waals surface area contributed by atoms with Gasteiger partial charge in [-0.2, -0.15) is 13.2 Å². The second-order valence-corrected chi connectivity index (χ2v) is 7.21. The van der Waals surface area contributed by atoms with E-state index in [4.69, 9.17) is 0 Å². The molecular weight excluding hydrogens is 390 g/mol. The van der Waals surface area contributed by atoms with Gasteiger partial charge in [0, 0.05) is 13.0 Å². The van der Waals surface area contributed by atoms with Gasteiger partial charge in [0.25, 0.3) is 0 Å². The Kier molecular flexibility index (Phi) is 12.9. The van der Waals surface area contributed by atoms with Gasteiger partial charge in [0.1, 0.15) is 0 Å². The standard InChI is InChI=1S/C17H30F3N3O.2ClH/c18-17(19,20)13-23-11-6-15(7-12-23)5-10-22-16(24)2-1-14-3-8-21-9-4-14;;/h14-15,21H,1-13H2,(H,22,24);2*1H. The summed E-state index contributed by atoms with van der Waals surface area (Å²) >= 11 is 0. The monoisotopic (exact) mass is 421 g/mol. The summed E-state index contributed by atoms with van der Waals surface area (Å²) in [6, 6.07) is 0. The Balaban J connectivity index is 0.00000312. The van der Waals surface area contributed by atoms with E-state index in [0.717, 1.165) is 51.6 Å². The summed E-state index contributed by atoms with van der Waals surface area (Å²) in [6.07, 6.45) is 2.22. The molecule has 2 rings (SSSR count). The molecule has 0 aromatic carbocycles. The first kappa shape index (κ1) is 25.8. The van der Waals surface area contributed by atoms with Crippen LogP contribution in [0.2, 0.25) is 0 Å². The Morgan fingerprint density at radius 2 is 1.58 bits per heavy atom. The van der Waals surface area contributed by atoms with Gasteiger partial charge in [-0.1, -0.05) is 0 Å². The largest absolute Gasteiger partial charge is 0.401 e. The molecule has 0 unspecified atom stereocenters. The van der Waals surface area contributed by atoms with E-state index in [2.05, 4.69) is 10.6 Å². The van der Waals surface area contributed by atoms with Gasteiger partial charge in [-0.3, -0.25) is 9.69 Å². The number of hydrogen-bond acceptors (Lipinski definition) is 3. The summed E-state index contributed by atoms with van der Waals surface area (Å²) in [5.74, 6) is 1.21. The number of hydrogen-bond donors (Lipinski definition) is 2. The number of likely N-dealkylation sites (tertiary alicyclic amines) is 1. The van der Waals surface area contributed by atoms with Gasteiger partial charge in [-0.05, 0) is 76.5 Å². The number of carbonyl (C=O) groups excluding carboxylic acids is 1. The van der Waals surface area contributed by atoms with E-state index in [-0.39, 0.29) is 30.7 Å². The van der Waals surface area contributed by atoms with E-state index in [1.54, 1.807) is 0 Å². The van der Waals surface area contributed by atoms with Crippen LogP contribution >= 0.6 is 24.8 Å². The minimum absolute atomic E-state index is 0. The lowest BCUT2D eigenvalue weighted by molar-refractivity contribution is -0.148. The van der Waals surface area contributed by atoms with Gasteiger partial charge in [-0.15, -0.1) is 24.8 Å². The summed E-state index contributed by atoms with van der Waals surface area (Å²) in [7, 11) is 0. The molecule has 4 nitrogen and oxygen atoms in total. The van der Waals surface area contributed by atoms with Crippen molar-refractivity contribution in [3.05, 3.63) is 0 Å². The molecule has 2 fully saturated rings. The lowest BCUT2D eigenvalue weighted by Gasteiger charge is -2.32. The number of rotatable bonds is 7. The van der Waals surface area contributed by atoms with E-state index in [1.807, 2.05) is 0 Å². The number of nitrogens with one attached hydrogen (secondary N) is 2. The molecule has 2 aliphatic rings. The normalized spacial score (nSPS) is 20.1. The zero-order valence-corrected chi connectivity index (χ0v) is 16.8. The van der Waals surface area contributed by atoms with Crippen molar-refractivity contribution in [3.8, 4) is 0 Å². The number of alkyl halides is 3. The van der Waals surface area contributed by atoms with Crippen molar-refractivity contribution < 1.29 is 18.0 Å². The molecule has 0 aliphatic carbocycles. The second-order valence-electron chi connectivity index (χ2n) is 7.21. The molecule has 2 heterocycles. The zero-order valence-electron chi connectivity index (χ0n) is 15.2. The molecule has 9 heteroatoms. The first-order valence-electron chi connectivity index (χ1n) is 9.19. The Morgan fingerprint density at radius 1 is 1.00 bits per heavy atom. The highest BCUT2D eigenvalue weighted by atomic mass is 35.5. The van der Waals surface area contributed by atoms with Crippen molar-refractivity contribution in [2.45, 2.75) is 51.1 Å². The van der Waals surface area contributed by atoms with E-state index in [0.29, 0.717) is 37.9 Å². The van der Waals surface area contributed by atoms with E-state index >= 15 is 0 Å². The quantitative estimate of drug-likeness (QED) is 0.661. The number of piperidine rings is 2. The molecule has 0 aromatic heterocycles. The first-order chi connectivity index (χ1) is 11.4. The third-order valence-corrected chi connectivity index (χ3v) is 5.22. The highest BCUT2D eigenvalue weighted by Crippen LogP contribution is 2.24. The van der Waals surface area contributed by atoms with Crippen molar-refractivity contribution in [1.29, 1.82) is 0 Å². The maximum atomic E-state index is 12.3. The third kappa shape index (κ3) is 10.8. The Bertz CT molecular complexity index is 386. The number of halogens is 5. The van der Waals surface area contributed by atoms with Crippen LogP contribution in [0.15, 0.2) is 0 Å². The topological polar surface area (TPSA) is 44.4 Å². The molecule has 0 aromatic rings. The van der Waals surface area contributed by atoms with Crippen LogP contribution in [0.5, 0.6) is 0 Å². The summed E-state index contributed by atoms with van der Waals surface area (Å²) < 4.78 is 37.0. The Labute approximate surface area is 166 Å². The van der Waals surface area contributed by atoms with Gasteiger partial charge in [0.15, 0.2) is 0 Å². The van der Waals surface area contributed by atoms with Crippen LogP contribution in [0.3, 0.4) is 0 Å². The van der Waals surface area contributed by atoms with Crippen LogP contribution in [-0.4, -0.2) is 56.3 Å². The smallest absolute Gasteiger partial charge is 0.356 e. The lowest BCUT2D eigenvalue weighted by atomic mass is 9.92. The Morgan fingerprint density at radius 3 is 2.15 bits per heavy atom. The van der Waals surface area contributed by atoms with Gasteiger partial charge >= 0.3 is 6.18 Å². The minimum atomic E-state index is -4.10. The van der Waals surface area contributed by atoms with Crippen LogP contribution in [-0.2, 0) is 4.79 Å². The fourth-order valence-corrected chi connectivity index (χ4v) is 3.70. The Hall–Kier alpha value is -0.240. The van der Waals surface area contributed by atoms with Gasteiger partial charge < -0.3 is 10.6 Å². The summed E-state index contributed by atoms with van der Waals surface area (Å²) in [4.78, 5) is 13.4. The molecule has 2 saturated heterocycles. The molecule has 0 spiro atoms. The summed E-state index contributed by atoms with van der Waals surface area (Å²) in [5.41, 5.74) is 0. The third-order valence-electron chi connectivity index (χ3n) is 5.22. The van der Waals surface area contributed by atoms with Crippen LogP contribution in [0.25, 0.3) is 0 Å². The number of amides is 1. The fraction of sp³-hybridized carbons (Fsp3) is 0.941. The van der Waals surface area contributed by atoms with Crippen molar-refractivity contribution in [2.75, 3.05) is 39.3 Å². The molecule has 0 bridgehead atoms. The van der Waals surface area contributed by atoms with Crippen LogP contribution in [0.1, 0.15) is 44.9 Å². The zero-order chi connectivity index (χ0) is 17.4. The molecule has 26 heavy (non-hydrogen) atoms. The first-order valence-corrected chi connectivity index (χ1v) is 9.19. The van der Waals surface area contributed by atoms with Crippen molar-refractivity contribution in [3.63, 3.8) is 0 Å². The molecule has 2 aliphatic heterocycles. The molecule has 2 N–H and O–H groups in total. The summed E-state index contributed by atoms with van der Waals surface area (Å²) in [5, 5.41) is 6.29. The van der Waals surface area contributed by atoms with E-state index in [1.165, 1.54) is 4.90 Å². The van der Waals surface area contributed by atoms with Crippen LogP contribution in [0.4, 0.5) is 13.2 Å². The van der Waals surface area contributed by atoms with Crippen molar-refractivity contribution in [2.24, 2.45) is 11.8 Å². The predicted octanol–water partition coefficient (Wildman–Crippen LogP) is 3.39. The van der Waals surface area contributed by atoms with Gasteiger partial charge in [-0.25, -0.2) is 0 Å². The molecular formula is C17H32Cl2F3N3O. The molecule has 0 saturated carbocycles. The van der Waals surface area contributed by atoms with E-state index in [9.17, 15) is 18.0 Å². The average molecular weight is 422 g/mol. The van der Waals surface area contributed by atoms with Crippen LogP contribution < -0.4 is 10.6 Å². The predicted molar refractivity (Wildman–Crippen MR) is 102 cm³/mol. The van der Waals surface area contributed by atoms with Crippen molar-refractivity contribution >= 4 is 30.7 Å². The average Bonchev–Trinajstić information content (AvgIpc) is 2.54. The van der Waals surface area contributed by atoms with Crippen LogP contribution in [0, 0.1) is 11.8 Å². The highest BCUT2D eigenvalue weighted by molar-refractivity contribution is 5.85. The fourth-order valence-electron chi connectivity index (χ4n) is 3.70. The molecule has 1 amide bonds. The lowest BCUT2D eigenvalue weighted by Crippen LogP contribution is -2.40. The second kappa shape index (κ2) is 13.0. The number of nitrogens with zero attached hydrogens (tertiary/aromatic N) is 1.